The van der Waals surface area contributed by atoms with Crippen LogP contribution in [0.4, 0.5) is 20.4 Å². The first-order valence-corrected chi connectivity index (χ1v) is 5.90. The van der Waals surface area contributed by atoms with Gasteiger partial charge in [0, 0.05) is 11.6 Å². The van der Waals surface area contributed by atoms with E-state index in [1.165, 1.54) is 6.42 Å². The molecule has 94 valence electrons. The van der Waals surface area contributed by atoms with Gasteiger partial charge in [-0.1, -0.05) is 19.3 Å². The number of hydrogen-bond donors (Lipinski definition) is 2. The molecule has 1 aromatic heterocycles. The monoisotopic (exact) mass is 241 g/mol. The highest BCUT2D eigenvalue weighted by Gasteiger charge is 2.28. The lowest BCUT2D eigenvalue weighted by Crippen LogP contribution is -2.37. The summed E-state index contributed by atoms with van der Waals surface area (Å²) in [5.74, 6) is -1.73. The molecule has 1 aliphatic carbocycles. The van der Waals surface area contributed by atoms with Gasteiger partial charge < -0.3 is 11.1 Å². The second-order valence-electron chi connectivity index (χ2n) is 4.93. The number of aromatic nitrogens is 1. The van der Waals surface area contributed by atoms with E-state index in [0.717, 1.165) is 31.7 Å². The third-order valence-corrected chi connectivity index (χ3v) is 3.33. The molecule has 1 heterocycles. The second kappa shape index (κ2) is 4.47. The number of nitrogen functional groups attached to an aromatic ring is 1. The maximum Gasteiger partial charge on any atom is 0.168 e. The van der Waals surface area contributed by atoms with Crippen LogP contribution in [0.1, 0.15) is 39.0 Å². The molecule has 0 aliphatic heterocycles. The number of pyridine rings is 1. The zero-order valence-electron chi connectivity index (χ0n) is 9.89. The Bertz CT molecular complexity index is 414. The predicted molar refractivity (Wildman–Crippen MR) is 63.7 cm³/mol. The number of anilines is 2. The highest BCUT2D eigenvalue weighted by atomic mass is 19.1. The summed E-state index contributed by atoms with van der Waals surface area (Å²) in [6, 6.07) is 0.775. The van der Waals surface area contributed by atoms with Crippen LogP contribution in [-0.2, 0) is 0 Å². The normalized spacial score (nSPS) is 19.0. The molecule has 0 aromatic carbocycles. The molecule has 3 nitrogen and oxygen atoms in total. The number of nitrogens with zero attached hydrogens (tertiary/aromatic N) is 1. The highest BCUT2D eigenvalue weighted by molar-refractivity contribution is 5.46. The lowest BCUT2D eigenvalue weighted by molar-refractivity contribution is 0.347. The van der Waals surface area contributed by atoms with Gasteiger partial charge in [0.25, 0.3) is 0 Å². The van der Waals surface area contributed by atoms with Crippen molar-refractivity contribution < 1.29 is 8.78 Å². The molecule has 3 N–H and O–H groups in total. The zero-order valence-corrected chi connectivity index (χ0v) is 9.89. The van der Waals surface area contributed by atoms with Crippen LogP contribution in [0.3, 0.4) is 0 Å². The fourth-order valence-corrected chi connectivity index (χ4v) is 2.31. The molecule has 2 rings (SSSR count). The molecule has 5 heteroatoms. The van der Waals surface area contributed by atoms with Crippen LogP contribution in [0.15, 0.2) is 6.07 Å². The van der Waals surface area contributed by atoms with Gasteiger partial charge in [-0.25, -0.2) is 13.8 Å². The van der Waals surface area contributed by atoms with E-state index in [0.29, 0.717) is 0 Å². The van der Waals surface area contributed by atoms with Gasteiger partial charge in [-0.05, 0) is 19.8 Å². The molecule has 0 bridgehead atoms. The van der Waals surface area contributed by atoms with Gasteiger partial charge in [0.2, 0.25) is 0 Å². The van der Waals surface area contributed by atoms with E-state index < -0.39 is 11.6 Å². The van der Waals surface area contributed by atoms with Crippen molar-refractivity contribution in [2.45, 2.75) is 44.6 Å². The first kappa shape index (κ1) is 12.1. The Labute approximate surface area is 99.4 Å². The molecular weight excluding hydrogens is 224 g/mol. The number of nitrogens with two attached hydrogens (primary N) is 1. The topological polar surface area (TPSA) is 50.9 Å². The van der Waals surface area contributed by atoms with Gasteiger partial charge >= 0.3 is 0 Å². The largest absolute Gasteiger partial charge is 0.381 e. The Morgan fingerprint density at radius 3 is 2.53 bits per heavy atom. The van der Waals surface area contributed by atoms with Crippen LogP contribution < -0.4 is 11.1 Å². The average Bonchev–Trinajstić information content (AvgIpc) is 2.26. The summed E-state index contributed by atoms with van der Waals surface area (Å²) in [5.41, 5.74) is 5.17. The maximum absolute atomic E-state index is 13.5. The van der Waals surface area contributed by atoms with Crippen LogP contribution in [0.5, 0.6) is 0 Å². The molecule has 1 saturated carbocycles. The zero-order chi connectivity index (χ0) is 12.5. The number of nitrogens with one attached hydrogen (secondary N) is 1. The summed E-state index contributed by atoms with van der Waals surface area (Å²) in [4.78, 5) is 3.73. The van der Waals surface area contributed by atoms with Crippen molar-refractivity contribution in [2.24, 2.45) is 0 Å². The Morgan fingerprint density at radius 1 is 1.24 bits per heavy atom. The lowest BCUT2D eigenvalue weighted by atomic mass is 9.83. The molecular formula is C12H17F2N3. The van der Waals surface area contributed by atoms with Crippen LogP contribution in [0.2, 0.25) is 0 Å². The fourth-order valence-electron chi connectivity index (χ4n) is 2.31. The van der Waals surface area contributed by atoms with Crippen LogP contribution in [0.25, 0.3) is 0 Å². The third-order valence-electron chi connectivity index (χ3n) is 3.33. The molecule has 1 aromatic rings. The van der Waals surface area contributed by atoms with Crippen molar-refractivity contribution >= 4 is 11.6 Å². The first-order chi connectivity index (χ1) is 8.00. The van der Waals surface area contributed by atoms with Crippen molar-refractivity contribution in [1.82, 2.24) is 4.98 Å². The summed E-state index contributed by atoms with van der Waals surface area (Å²) in [5, 5.41) is 3.06. The summed E-state index contributed by atoms with van der Waals surface area (Å²) in [7, 11) is 0. The molecule has 17 heavy (non-hydrogen) atoms. The highest BCUT2D eigenvalue weighted by Crippen LogP contribution is 2.31. The Morgan fingerprint density at radius 2 is 1.88 bits per heavy atom. The average molecular weight is 241 g/mol. The van der Waals surface area contributed by atoms with E-state index in [9.17, 15) is 8.78 Å². The van der Waals surface area contributed by atoms with E-state index in [1.54, 1.807) is 0 Å². The molecule has 0 atom stereocenters. The van der Waals surface area contributed by atoms with E-state index in [-0.39, 0.29) is 17.2 Å². The van der Waals surface area contributed by atoms with Gasteiger partial charge in [0.1, 0.15) is 0 Å². The molecule has 0 unspecified atom stereocenters. The third kappa shape index (κ3) is 2.65. The predicted octanol–water partition coefficient (Wildman–Crippen LogP) is 3.08. The van der Waals surface area contributed by atoms with Gasteiger partial charge in [0.05, 0.1) is 0 Å². The fraction of sp³-hybridized carbons (Fsp3) is 0.583. The minimum absolute atomic E-state index is 0.0494. The second-order valence-corrected chi connectivity index (χ2v) is 4.93. The van der Waals surface area contributed by atoms with Crippen molar-refractivity contribution in [3.8, 4) is 0 Å². The van der Waals surface area contributed by atoms with E-state index in [4.69, 9.17) is 5.73 Å². The first-order valence-electron chi connectivity index (χ1n) is 5.90. The SMILES string of the molecule is CC1(Nc2nc(N)c(F)cc2F)CCCCC1. The van der Waals surface area contributed by atoms with Crippen molar-refractivity contribution in [1.29, 1.82) is 0 Å². The van der Waals surface area contributed by atoms with Crippen LogP contribution in [-0.4, -0.2) is 10.5 Å². The summed E-state index contributed by atoms with van der Waals surface area (Å²) in [6.45, 7) is 2.03. The van der Waals surface area contributed by atoms with Gasteiger partial charge in [-0.3, -0.25) is 0 Å². The molecule has 1 aliphatic rings. The van der Waals surface area contributed by atoms with Crippen LogP contribution in [0, 0.1) is 11.6 Å². The number of rotatable bonds is 2. The molecule has 0 spiro atoms. The van der Waals surface area contributed by atoms with Crippen molar-refractivity contribution in [2.75, 3.05) is 11.1 Å². The summed E-state index contributed by atoms with van der Waals surface area (Å²) >= 11 is 0. The Kier molecular flexibility index (Phi) is 3.17. The van der Waals surface area contributed by atoms with Crippen LogP contribution >= 0.6 is 0 Å². The number of halogens is 2. The maximum atomic E-state index is 13.5. The Balaban J connectivity index is 2.20. The van der Waals surface area contributed by atoms with Crippen molar-refractivity contribution in [3.05, 3.63) is 17.7 Å². The quantitative estimate of drug-likeness (QED) is 0.836. The Hall–Kier alpha value is -1.39. The standard InChI is InChI=1S/C12H17F2N3/c1-12(5-3-2-4-6-12)17-11-9(14)7-8(13)10(15)16-11/h7H,2-6H2,1H3,(H3,15,16,17). The van der Waals surface area contributed by atoms with Gasteiger partial charge in [-0.15, -0.1) is 0 Å². The minimum Gasteiger partial charge on any atom is -0.381 e. The minimum atomic E-state index is -0.818. The smallest absolute Gasteiger partial charge is 0.168 e. The molecule has 0 radical (unpaired) electrons. The molecule has 0 amide bonds. The summed E-state index contributed by atoms with van der Waals surface area (Å²) < 4.78 is 26.5. The summed E-state index contributed by atoms with van der Waals surface area (Å²) in [6.07, 6.45) is 5.36. The van der Waals surface area contributed by atoms with E-state index in [1.807, 2.05) is 6.92 Å². The van der Waals surface area contributed by atoms with Crippen molar-refractivity contribution in [3.63, 3.8) is 0 Å². The van der Waals surface area contributed by atoms with E-state index in [2.05, 4.69) is 10.3 Å². The van der Waals surface area contributed by atoms with Gasteiger partial charge in [-0.2, -0.15) is 0 Å². The number of hydrogen-bond acceptors (Lipinski definition) is 3. The molecule has 0 saturated heterocycles. The van der Waals surface area contributed by atoms with Gasteiger partial charge in [0.15, 0.2) is 23.3 Å². The van der Waals surface area contributed by atoms with E-state index >= 15 is 0 Å². The molecule has 1 fully saturated rings. The lowest BCUT2D eigenvalue weighted by Gasteiger charge is -2.35.